The predicted octanol–water partition coefficient (Wildman–Crippen LogP) is 3.11. The van der Waals surface area contributed by atoms with Gasteiger partial charge in [0.05, 0.1) is 27.4 Å². The highest BCUT2D eigenvalue weighted by atomic mass is 16.6. The van der Waals surface area contributed by atoms with Gasteiger partial charge in [0.1, 0.15) is 0 Å². The maximum atomic E-state index is 12.6. The number of nitro groups is 1. The summed E-state index contributed by atoms with van der Waals surface area (Å²) in [6, 6.07) is 21.2. The van der Waals surface area contributed by atoms with Gasteiger partial charge in [0.25, 0.3) is 17.5 Å². The molecule has 0 spiro atoms. The van der Waals surface area contributed by atoms with E-state index in [1.54, 1.807) is 48.5 Å². The smallest absolute Gasteiger partial charge is 0.270 e. The Morgan fingerprint density at radius 2 is 1.17 bits per heavy atom. The SMILES string of the molecule is O=C(NNc1ccccc1)c1ccc([N+](=O)[O-])cc1C(=O)NNc1ccccc1. The zero-order valence-electron chi connectivity index (χ0n) is 15.1. The van der Waals surface area contributed by atoms with Crippen LogP contribution < -0.4 is 21.7 Å². The molecule has 0 aromatic heterocycles. The van der Waals surface area contributed by atoms with Crippen molar-refractivity contribution in [1.82, 2.24) is 10.9 Å². The molecule has 0 aliphatic rings. The zero-order valence-corrected chi connectivity index (χ0v) is 15.1. The number of hydrogen-bond donors (Lipinski definition) is 4. The minimum Gasteiger partial charge on any atom is -0.298 e. The monoisotopic (exact) mass is 391 g/mol. The van der Waals surface area contributed by atoms with Crippen LogP contribution in [0.3, 0.4) is 0 Å². The fourth-order valence-electron chi connectivity index (χ4n) is 2.47. The Bertz CT molecular complexity index is 1030. The Balaban J connectivity index is 1.79. The number of carbonyl (C=O) groups excluding carboxylic acids is 2. The molecule has 9 nitrogen and oxygen atoms in total. The summed E-state index contributed by atoms with van der Waals surface area (Å²) in [5, 5.41) is 11.1. The van der Waals surface area contributed by atoms with Crippen molar-refractivity contribution in [3.8, 4) is 0 Å². The molecule has 146 valence electrons. The van der Waals surface area contributed by atoms with E-state index in [1.807, 2.05) is 12.1 Å². The van der Waals surface area contributed by atoms with Gasteiger partial charge in [-0.3, -0.25) is 41.4 Å². The standard InChI is InChI=1S/C20H17N5O4/c26-19(23-21-14-7-3-1-4-8-14)17-12-11-16(25(28)29)13-18(17)20(27)24-22-15-9-5-2-6-10-15/h1-13,21-22H,(H,23,26)(H,24,27). The summed E-state index contributed by atoms with van der Waals surface area (Å²) in [5.41, 5.74) is 11.1. The third-order valence-corrected chi connectivity index (χ3v) is 3.89. The number of amides is 2. The number of nitrogens with zero attached hydrogens (tertiary/aromatic N) is 1. The fraction of sp³-hybridized carbons (Fsp3) is 0. The van der Waals surface area contributed by atoms with Gasteiger partial charge in [0.15, 0.2) is 0 Å². The molecule has 0 radical (unpaired) electrons. The summed E-state index contributed by atoms with van der Waals surface area (Å²) in [6.07, 6.45) is 0. The molecule has 0 saturated carbocycles. The van der Waals surface area contributed by atoms with Gasteiger partial charge in [0.2, 0.25) is 0 Å². The third-order valence-electron chi connectivity index (χ3n) is 3.89. The van der Waals surface area contributed by atoms with Gasteiger partial charge < -0.3 is 0 Å². The summed E-state index contributed by atoms with van der Waals surface area (Å²) in [7, 11) is 0. The lowest BCUT2D eigenvalue weighted by molar-refractivity contribution is -0.384. The van der Waals surface area contributed by atoms with Crippen molar-refractivity contribution < 1.29 is 14.5 Å². The van der Waals surface area contributed by atoms with Crippen LogP contribution in [0.1, 0.15) is 20.7 Å². The lowest BCUT2D eigenvalue weighted by Crippen LogP contribution is -2.34. The predicted molar refractivity (Wildman–Crippen MR) is 108 cm³/mol. The Kier molecular flexibility index (Phi) is 6.01. The van der Waals surface area contributed by atoms with Crippen molar-refractivity contribution in [1.29, 1.82) is 0 Å². The Labute approximate surface area is 165 Å². The van der Waals surface area contributed by atoms with Gasteiger partial charge in [-0.1, -0.05) is 36.4 Å². The van der Waals surface area contributed by atoms with Crippen molar-refractivity contribution in [2.75, 3.05) is 10.9 Å². The molecular weight excluding hydrogens is 374 g/mol. The van der Waals surface area contributed by atoms with Crippen LogP contribution in [0.5, 0.6) is 0 Å². The number of carbonyl (C=O) groups is 2. The van der Waals surface area contributed by atoms with Gasteiger partial charge in [-0.2, -0.15) is 0 Å². The molecule has 3 aromatic carbocycles. The van der Waals surface area contributed by atoms with E-state index in [9.17, 15) is 19.7 Å². The van der Waals surface area contributed by atoms with Crippen LogP contribution in [0.2, 0.25) is 0 Å². The molecule has 9 heteroatoms. The number of para-hydroxylation sites is 2. The first-order valence-corrected chi connectivity index (χ1v) is 8.56. The number of rotatable bonds is 7. The Morgan fingerprint density at radius 1 is 0.690 bits per heavy atom. The summed E-state index contributed by atoms with van der Waals surface area (Å²) >= 11 is 0. The number of hydrogen-bond acceptors (Lipinski definition) is 6. The van der Waals surface area contributed by atoms with E-state index in [1.165, 1.54) is 12.1 Å². The summed E-state index contributed by atoms with van der Waals surface area (Å²) in [6.45, 7) is 0. The first kappa shape index (κ1) is 19.4. The van der Waals surface area contributed by atoms with E-state index < -0.39 is 16.7 Å². The van der Waals surface area contributed by atoms with Crippen molar-refractivity contribution >= 4 is 28.9 Å². The van der Waals surface area contributed by atoms with E-state index in [-0.39, 0.29) is 16.8 Å². The molecular formula is C20H17N5O4. The number of hydrazine groups is 2. The topological polar surface area (TPSA) is 125 Å². The summed E-state index contributed by atoms with van der Waals surface area (Å²) < 4.78 is 0. The minimum atomic E-state index is -0.692. The maximum Gasteiger partial charge on any atom is 0.270 e. The number of nitrogens with one attached hydrogen (secondary N) is 4. The highest BCUT2D eigenvalue weighted by Gasteiger charge is 2.21. The molecule has 2 amide bonds. The first-order valence-electron chi connectivity index (χ1n) is 8.56. The fourth-order valence-corrected chi connectivity index (χ4v) is 2.47. The molecule has 0 saturated heterocycles. The second kappa shape index (κ2) is 9.00. The Morgan fingerprint density at radius 3 is 1.66 bits per heavy atom. The average Bonchev–Trinajstić information content (AvgIpc) is 2.76. The van der Waals surface area contributed by atoms with Crippen LogP contribution in [0.15, 0.2) is 78.9 Å². The van der Waals surface area contributed by atoms with Crippen molar-refractivity contribution in [2.45, 2.75) is 0 Å². The van der Waals surface area contributed by atoms with E-state index in [0.717, 1.165) is 6.07 Å². The van der Waals surface area contributed by atoms with Gasteiger partial charge in [0, 0.05) is 12.1 Å². The molecule has 0 fully saturated rings. The molecule has 0 aliphatic carbocycles. The van der Waals surface area contributed by atoms with Gasteiger partial charge in [-0.15, -0.1) is 0 Å². The molecule has 4 N–H and O–H groups in total. The number of non-ortho nitro benzene ring substituents is 1. The normalized spacial score (nSPS) is 9.93. The molecule has 0 aliphatic heterocycles. The lowest BCUT2D eigenvalue weighted by atomic mass is 10.1. The highest BCUT2D eigenvalue weighted by molar-refractivity contribution is 6.08. The summed E-state index contributed by atoms with van der Waals surface area (Å²) in [4.78, 5) is 35.6. The van der Waals surface area contributed by atoms with Crippen LogP contribution in [0.25, 0.3) is 0 Å². The lowest BCUT2D eigenvalue weighted by Gasteiger charge is -2.13. The molecule has 0 heterocycles. The van der Waals surface area contributed by atoms with E-state index >= 15 is 0 Å². The van der Waals surface area contributed by atoms with Gasteiger partial charge >= 0.3 is 0 Å². The molecule has 29 heavy (non-hydrogen) atoms. The zero-order chi connectivity index (χ0) is 20.6. The largest absolute Gasteiger partial charge is 0.298 e. The maximum absolute atomic E-state index is 12.6. The minimum absolute atomic E-state index is 0.0219. The molecule has 3 aromatic rings. The molecule has 3 rings (SSSR count). The summed E-state index contributed by atoms with van der Waals surface area (Å²) in [5.74, 6) is -1.31. The molecule has 0 bridgehead atoms. The van der Waals surface area contributed by atoms with Gasteiger partial charge in [-0.05, 0) is 30.3 Å². The van der Waals surface area contributed by atoms with E-state index in [2.05, 4.69) is 21.7 Å². The third kappa shape index (κ3) is 5.07. The molecule has 0 atom stereocenters. The van der Waals surface area contributed by atoms with E-state index in [4.69, 9.17) is 0 Å². The van der Waals surface area contributed by atoms with Crippen LogP contribution >= 0.6 is 0 Å². The van der Waals surface area contributed by atoms with Crippen LogP contribution in [-0.4, -0.2) is 16.7 Å². The average molecular weight is 391 g/mol. The van der Waals surface area contributed by atoms with Crippen LogP contribution in [0.4, 0.5) is 17.1 Å². The van der Waals surface area contributed by atoms with Crippen LogP contribution in [0, 0.1) is 10.1 Å². The van der Waals surface area contributed by atoms with Crippen molar-refractivity contribution in [3.63, 3.8) is 0 Å². The van der Waals surface area contributed by atoms with Crippen LogP contribution in [-0.2, 0) is 0 Å². The van der Waals surface area contributed by atoms with E-state index in [0.29, 0.717) is 11.4 Å². The quantitative estimate of drug-likeness (QED) is 0.362. The van der Waals surface area contributed by atoms with Gasteiger partial charge in [-0.25, -0.2) is 0 Å². The second-order valence-corrected chi connectivity index (χ2v) is 5.88. The number of nitro benzene ring substituents is 1. The van der Waals surface area contributed by atoms with Crippen molar-refractivity contribution in [3.05, 3.63) is 100 Å². The molecule has 0 unspecified atom stereocenters. The first-order chi connectivity index (χ1) is 14.0. The number of anilines is 2. The Hall–Kier alpha value is -4.40. The second-order valence-electron chi connectivity index (χ2n) is 5.88. The highest BCUT2D eigenvalue weighted by Crippen LogP contribution is 2.18. The van der Waals surface area contributed by atoms with Crippen molar-refractivity contribution in [2.24, 2.45) is 0 Å². The number of benzene rings is 3.